The van der Waals surface area contributed by atoms with Crippen LogP contribution >= 0.6 is 46.7 Å². The maximum Gasteiger partial charge on any atom is 0.0456 e. The Balaban J connectivity index is 2.36. The summed E-state index contributed by atoms with van der Waals surface area (Å²) in [6, 6.07) is 16.5. The first kappa shape index (κ1) is 18.1. The molecule has 0 aliphatic heterocycles. The Morgan fingerprint density at radius 2 is 1.00 bits per heavy atom. The molecule has 0 aliphatic carbocycles. The Hall–Kier alpha value is -0.280. The van der Waals surface area contributed by atoms with Crippen molar-refractivity contribution in [3.05, 3.63) is 69.7 Å². The lowest BCUT2D eigenvalue weighted by atomic mass is 10.0. The highest BCUT2D eigenvalue weighted by atomic mass is 35.5. The van der Waals surface area contributed by atoms with Crippen LogP contribution in [0.3, 0.4) is 0 Å². The second kappa shape index (κ2) is 9.12. The van der Waals surface area contributed by atoms with Gasteiger partial charge < -0.3 is 0 Å². The molecule has 2 aromatic rings. The fraction of sp³-hybridized carbons (Fsp3) is 0.333. The lowest BCUT2D eigenvalue weighted by molar-refractivity contribution is 0.905. The molecule has 118 valence electrons. The highest BCUT2D eigenvalue weighted by Crippen LogP contribution is 2.48. The zero-order valence-electron chi connectivity index (χ0n) is 12.8. The van der Waals surface area contributed by atoms with E-state index < -0.39 is 0 Å². The summed E-state index contributed by atoms with van der Waals surface area (Å²) in [4.78, 5) is 0. The molecule has 0 unspecified atom stereocenters. The third-order valence-electron chi connectivity index (χ3n) is 3.36. The Morgan fingerprint density at radius 3 is 1.27 bits per heavy atom. The average molecular weight is 371 g/mol. The van der Waals surface area contributed by atoms with Gasteiger partial charge >= 0.3 is 0 Å². The molecule has 0 nitrogen and oxygen atoms in total. The van der Waals surface area contributed by atoms with Gasteiger partial charge in [0.2, 0.25) is 0 Å². The first-order valence-corrected chi connectivity index (χ1v) is 10.2. The van der Waals surface area contributed by atoms with Gasteiger partial charge in [-0.2, -0.15) is 23.5 Å². The molecule has 0 saturated heterocycles. The van der Waals surface area contributed by atoms with Crippen molar-refractivity contribution in [1.82, 2.24) is 0 Å². The lowest BCUT2D eigenvalue weighted by Gasteiger charge is -2.27. The van der Waals surface area contributed by atoms with E-state index in [1.807, 2.05) is 47.8 Å². The summed E-state index contributed by atoms with van der Waals surface area (Å²) in [5, 5.41) is 2.40. The van der Waals surface area contributed by atoms with Gasteiger partial charge in [-0.25, -0.2) is 0 Å². The van der Waals surface area contributed by atoms with E-state index in [1.165, 1.54) is 11.1 Å². The number of hydrogen-bond acceptors (Lipinski definition) is 2. The van der Waals surface area contributed by atoms with Crippen molar-refractivity contribution in [2.45, 2.75) is 24.3 Å². The summed E-state index contributed by atoms with van der Waals surface area (Å²) in [6.45, 7) is 4.42. The molecule has 0 aromatic heterocycles. The van der Waals surface area contributed by atoms with Crippen LogP contribution in [0.1, 0.15) is 35.5 Å². The molecule has 0 radical (unpaired) electrons. The van der Waals surface area contributed by atoms with Crippen molar-refractivity contribution in [1.29, 1.82) is 0 Å². The molecule has 0 bridgehead atoms. The van der Waals surface area contributed by atoms with Gasteiger partial charge in [0.15, 0.2) is 0 Å². The minimum Gasteiger partial charge on any atom is -0.153 e. The smallest absolute Gasteiger partial charge is 0.0456 e. The van der Waals surface area contributed by atoms with Gasteiger partial charge in [0.25, 0.3) is 0 Å². The monoisotopic (exact) mass is 370 g/mol. The van der Waals surface area contributed by atoms with E-state index in [0.29, 0.717) is 10.5 Å². The maximum atomic E-state index is 6.04. The quantitative estimate of drug-likeness (QED) is 0.501. The summed E-state index contributed by atoms with van der Waals surface area (Å²) < 4.78 is 0. The zero-order valence-corrected chi connectivity index (χ0v) is 15.9. The van der Waals surface area contributed by atoms with Gasteiger partial charge in [-0.3, -0.25) is 0 Å². The van der Waals surface area contributed by atoms with Gasteiger partial charge in [0, 0.05) is 20.5 Å². The molecule has 0 amide bonds. The lowest BCUT2D eigenvalue weighted by Crippen LogP contribution is -2.06. The van der Waals surface area contributed by atoms with Crippen LogP contribution in [0.5, 0.6) is 0 Å². The van der Waals surface area contributed by atoms with Crippen LogP contribution in [0.25, 0.3) is 0 Å². The van der Waals surface area contributed by atoms with Crippen LogP contribution in [0.4, 0.5) is 0 Å². The SMILES string of the molecule is CCS[C@H](c1ccc(Cl)cc1)[C@@H](SCC)c1ccc(Cl)cc1. The highest BCUT2D eigenvalue weighted by Gasteiger charge is 2.25. The summed E-state index contributed by atoms with van der Waals surface area (Å²) in [5.74, 6) is 2.17. The van der Waals surface area contributed by atoms with Gasteiger partial charge in [0.05, 0.1) is 0 Å². The predicted molar refractivity (Wildman–Crippen MR) is 105 cm³/mol. The minimum atomic E-state index is 0.411. The maximum absolute atomic E-state index is 6.04. The average Bonchev–Trinajstić information content (AvgIpc) is 2.53. The van der Waals surface area contributed by atoms with Crippen LogP contribution in [-0.2, 0) is 0 Å². The van der Waals surface area contributed by atoms with E-state index in [0.717, 1.165) is 21.6 Å². The first-order chi connectivity index (χ1) is 10.7. The zero-order chi connectivity index (χ0) is 15.9. The number of rotatable bonds is 7. The van der Waals surface area contributed by atoms with E-state index >= 15 is 0 Å². The molecule has 0 heterocycles. The molecule has 0 aliphatic rings. The van der Waals surface area contributed by atoms with Crippen molar-refractivity contribution in [3.8, 4) is 0 Å². The summed E-state index contributed by atoms with van der Waals surface area (Å²) in [5.41, 5.74) is 2.66. The normalized spacial score (nSPS) is 13.8. The van der Waals surface area contributed by atoms with Crippen molar-refractivity contribution < 1.29 is 0 Å². The first-order valence-electron chi connectivity index (χ1n) is 7.39. The van der Waals surface area contributed by atoms with Gasteiger partial charge in [-0.1, -0.05) is 61.3 Å². The number of hydrogen-bond donors (Lipinski definition) is 0. The van der Waals surface area contributed by atoms with E-state index in [4.69, 9.17) is 23.2 Å². The molecule has 2 atom stereocenters. The second-order valence-corrected chi connectivity index (χ2v) is 8.56. The molecule has 0 saturated carbocycles. The third kappa shape index (κ3) is 4.86. The number of thioether (sulfide) groups is 2. The molecule has 2 aromatic carbocycles. The van der Waals surface area contributed by atoms with Crippen molar-refractivity contribution in [2.75, 3.05) is 11.5 Å². The largest absolute Gasteiger partial charge is 0.153 e. The highest BCUT2D eigenvalue weighted by molar-refractivity contribution is 8.03. The Bertz CT molecular complexity index is 513. The molecule has 4 heteroatoms. The molecule has 2 rings (SSSR count). The number of benzene rings is 2. The van der Waals surface area contributed by atoms with Crippen LogP contribution in [0, 0.1) is 0 Å². The molecular formula is C18H20Cl2S2. The standard InChI is InChI=1S/C18H20Cl2S2/c1-3-21-17(13-5-9-15(19)10-6-13)18(22-4-2)14-7-11-16(20)12-8-14/h5-12,17-18H,3-4H2,1-2H3/t17-,18+. The van der Waals surface area contributed by atoms with E-state index in [2.05, 4.69) is 38.1 Å². The van der Waals surface area contributed by atoms with Crippen molar-refractivity contribution in [2.24, 2.45) is 0 Å². The molecular weight excluding hydrogens is 351 g/mol. The molecule has 0 N–H and O–H groups in total. The Labute approximate surface area is 152 Å². The summed E-state index contributed by atoms with van der Waals surface area (Å²) in [7, 11) is 0. The molecule has 22 heavy (non-hydrogen) atoms. The minimum absolute atomic E-state index is 0.411. The third-order valence-corrected chi connectivity index (χ3v) is 6.51. The van der Waals surface area contributed by atoms with Crippen LogP contribution in [0.2, 0.25) is 10.0 Å². The van der Waals surface area contributed by atoms with Crippen molar-refractivity contribution >= 4 is 46.7 Å². The number of halogens is 2. The second-order valence-electron chi connectivity index (χ2n) is 4.85. The van der Waals surface area contributed by atoms with Crippen LogP contribution in [-0.4, -0.2) is 11.5 Å². The Kier molecular flexibility index (Phi) is 7.49. The van der Waals surface area contributed by atoms with Crippen LogP contribution < -0.4 is 0 Å². The predicted octanol–water partition coefficient (Wildman–Crippen LogP) is 7.28. The van der Waals surface area contributed by atoms with E-state index in [1.54, 1.807) is 0 Å². The molecule has 0 spiro atoms. The summed E-state index contributed by atoms with van der Waals surface area (Å²) in [6.07, 6.45) is 0. The van der Waals surface area contributed by atoms with Gasteiger partial charge in [-0.15, -0.1) is 0 Å². The fourth-order valence-corrected chi connectivity index (χ4v) is 5.19. The van der Waals surface area contributed by atoms with Crippen molar-refractivity contribution in [3.63, 3.8) is 0 Å². The Morgan fingerprint density at radius 1 is 0.682 bits per heavy atom. The topological polar surface area (TPSA) is 0 Å². The van der Waals surface area contributed by atoms with Gasteiger partial charge in [0.1, 0.15) is 0 Å². The fourth-order valence-electron chi connectivity index (χ4n) is 2.38. The van der Waals surface area contributed by atoms with Gasteiger partial charge in [-0.05, 0) is 46.9 Å². The van der Waals surface area contributed by atoms with E-state index in [9.17, 15) is 0 Å². The molecule has 0 fully saturated rings. The van der Waals surface area contributed by atoms with E-state index in [-0.39, 0.29) is 0 Å². The summed E-state index contributed by atoms with van der Waals surface area (Å²) >= 11 is 16.1. The van der Waals surface area contributed by atoms with Crippen LogP contribution in [0.15, 0.2) is 48.5 Å².